The van der Waals surface area contributed by atoms with Gasteiger partial charge in [-0.25, -0.2) is 0 Å². The second kappa shape index (κ2) is 3.00. The van der Waals surface area contributed by atoms with Gasteiger partial charge < -0.3 is 5.73 Å². The van der Waals surface area contributed by atoms with Gasteiger partial charge in [-0.2, -0.15) is 0 Å². The highest BCUT2D eigenvalue weighted by molar-refractivity contribution is 5.91. The fourth-order valence-corrected chi connectivity index (χ4v) is 3.10. The summed E-state index contributed by atoms with van der Waals surface area (Å²) in [5.74, 6) is 0. The lowest BCUT2D eigenvalue weighted by Gasteiger charge is -2.25. The minimum Gasteiger partial charge on any atom is -0.398 e. The van der Waals surface area contributed by atoms with Crippen LogP contribution in [-0.4, -0.2) is 0 Å². The monoisotopic (exact) mass is 211 g/mol. The molecule has 2 N–H and O–H groups in total. The van der Waals surface area contributed by atoms with Gasteiger partial charge in [-0.3, -0.25) is 0 Å². The Kier molecular flexibility index (Phi) is 1.82. The Morgan fingerprint density at radius 2 is 2.06 bits per heavy atom. The molecule has 0 unspecified atom stereocenters. The van der Waals surface area contributed by atoms with E-state index in [1.807, 2.05) is 6.07 Å². The van der Waals surface area contributed by atoms with E-state index in [1.165, 1.54) is 23.1 Å². The molecule has 0 aliphatic heterocycles. The molecule has 3 rings (SSSR count). The van der Waals surface area contributed by atoms with E-state index in [1.54, 1.807) is 5.57 Å². The van der Waals surface area contributed by atoms with Gasteiger partial charge in [0.25, 0.3) is 0 Å². The molecule has 0 fully saturated rings. The summed E-state index contributed by atoms with van der Waals surface area (Å²) < 4.78 is 0. The van der Waals surface area contributed by atoms with Crippen molar-refractivity contribution in [3.8, 4) is 0 Å². The molecule has 0 bridgehead atoms. The van der Waals surface area contributed by atoms with Crippen molar-refractivity contribution in [3.63, 3.8) is 0 Å². The first kappa shape index (κ1) is 9.71. The molecular weight excluding hydrogens is 194 g/mol. The van der Waals surface area contributed by atoms with Gasteiger partial charge >= 0.3 is 0 Å². The molecule has 0 aromatic heterocycles. The molecule has 1 aromatic carbocycles. The summed E-state index contributed by atoms with van der Waals surface area (Å²) in [6.07, 6.45) is 6.85. The molecule has 82 valence electrons. The molecule has 2 aliphatic rings. The number of hydrogen-bond acceptors (Lipinski definition) is 1. The Labute approximate surface area is 96.7 Å². The van der Waals surface area contributed by atoms with Gasteiger partial charge in [-0.15, -0.1) is 0 Å². The van der Waals surface area contributed by atoms with E-state index in [0.717, 1.165) is 12.1 Å². The molecule has 2 aliphatic carbocycles. The van der Waals surface area contributed by atoms with E-state index in [2.05, 4.69) is 38.1 Å². The standard InChI is InChI=1S/C15H17N/c1-15(2)11-7-4-3-6-10(11)14-12(15)8-5-9-13(14)16/h3,5-6,8-9H,4,7,16H2,1-2H3. The molecule has 0 spiro atoms. The summed E-state index contributed by atoms with van der Waals surface area (Å²) in [5.41, 5.74) is 12.8. The van der Waals surface area contributed by atoms with Gasteiger partial charge in [-0.05, 0) is 30.0 Å². The SMILES string of the molecule is CC1(C)C2=C(C=CCC2)c2c(N)cccc21. The summed E-state index contributed by atoms with van der Waals surface area (Å²) in [5, 5.41) is 0. The van der Waals surface area contributed by atoms with Crippen LogP contribution in [0, 0.1) is 0 Å². The van der Waals surface area contributed by atoms with E-state index in [0.29, 0.717) is 0 Å². The number of benzene rings is 1. The smallest absolute Gasteiger partial charge is 0.0396 e. The zero-order chi connectivity index (χ0) is 11.3. The first-order chi connectivity index (χ1) is 7.62. The molecule has 1 aromatic rings. The summed E-state index contributed by atoms with van der Waals surface area (Å²) >= 11 is 0. The summed E-state index contributed by atoms with van der Waals surface area (Å²) in [6.45, 7) is 4.62. The van der Waals surface area contributed by atoms with Crippen LogP contribution in [0.3, 0.4) is 0 Å². The first-order valence-electron chi connectivity index (χ1n) is 5.92. The summed E-state index contributed by atoms with van der Waals surface area (Å²) in [7, 11) is 0. The molecule has 0 saturated carbocycles. The van der Waals surface area contributed by atoms with Crippen molar-refractivity contribution in [2.45, 2.75) is 32.1 Å². The Bertz CT molecular complexity index is 518. The number of allylic oxidation sites excluding steroid dienone is 4. The average Bonchev–Trinajstić information content (AvgIpc) is 2.51. The van der Waals surface area contributed by atoms with Crippen molar-refractivity contribution in [3.05, 3.63) is 47.1 Å². The number of nitrogen functional groups attached to an aromatic ring is 1. The van der Waals surface area contributed by atoms with Crippen LogP contribution in [0.5, 0.6) is 0 Å². The number of hydrogen-bond donors (Lipinski definition) is 1. The van der Waals surface area contributed by atoms with E-state index < -0.39 is 0 Å². The zero-order valence-corrected chi connectivity index (χ0v) is 9.88. The molecule has 16 heavy (non-hydrogen) atoms. The van der Waals surface area contributed by atoms with Crippen LogP contribution in [-0.2, 0) is 5.41 Å². The summed E-state index contributed by atoms with van der Waals surface area (Å²) in [6, 6.07) is 6.29. The maximum atomic E-state index is 6.13. The number of rotatable bonds is 0. The fourth-order valence-electron chi connectivity index (χ4n) is 3.10. The molecule has 0 radical (unpaired) electrons. The Balaban J connectivity index is 2.34. The molecule has 1 heteroatoms. The lowest BCUT2D eigenvalue weighted by molar-refractivity contribution is 0.607. The Hall–Kier alpha value is -1.50. The van der Waals surface area contributed by atoms with Crippen molar-refractivity contribution in [1.82, 2.24) is 0 Å². The lowest BCUT2D eigenvalue weighted by atomic mass is 9.78. The predicted octanol–water partition coefficient (Wildman–Crippen LogP) is 3.66. The van der Waals surface area contributed by atoms with E-state index >= 15 is 0 Å². The van der Waals surface area contributed by atoms with E-state index in [9.17, 15) is 0 Å². The van der Waals surface area contributed by atoms with Gasteiger partial charge in [-0.1, -0.05) is 43.7 Å². The highest BCUT2D eigenvalue weighted by Gasteiger charge is 2.37. The maximum absolute atomic E-state index is 6.13. The third-order valence-electron chi connectivity index (χ3n) is 3.96. The second-order valence-electron chi connectivity index (χ2n) is 5.23. The van der Waals surface area contributed by atoms with Crippen LogP contribution in [0.15, 0.2) is 35.9 Å². The van der Waals surface area contributed by atoms with Gasteiger partial charge in [0, 0.05) is 16.7 Å². The Morgan fingerprint density at radius 1 is 1.25 bits per heavy atom. The quantitative estimate of drug-likeness (QED) is 0.651. The highest BCUT2D eigenvalue weighted by Crippen LogP contribution is 2.51. The fraction of sp³-hybridized carbons (Fsp3) is 0.333. The van der Waals surface area contributed by atoms with Crippen LogP contribution in [0.4, 0.5) is 5.69 Å². The van der Waals surface area contributed by atoms with E-state index in [-0.39, 0.29) is 5.41 Å². The van der Waals surface area contributed by atoms with Crippen molar-refractivity contribution in [2.24, 2.45) is 0 Å². The number of nitrogens with two attached hydrogens (primary N) is 1. The molecule has 0 heterocycles. The number of fused-ring (bicyclic) bond motifs is 2. The van der Waals surface area contributed by atoms with Crippen molar-refractivity contribution in [1.29, 1.82) is 0 Å². The largest absolute Gasteiger partial charge is 0.398 e. The topological polar surface area (TPSA) is 26.0 Å². The van der Waals surface area contributed by atoms with Crippen LogP contribution < -0.4 is 5.73 Å². The van der Waals surface area contributed by atoms with Gasteiger partial charge in [0.2, 0.25) is 0 Å². The molecule has 0 amide bonds. The van der Waals surface area contributed by atoms with Gasteiger partial charge in [0.1, 0.15) is 0 Å². The van der Waals surface area contributed by atoms with E-state index in [4.69, 9.17) is 5.73 Å². The molecular formula is C15H17N. The second-order valence-corrected chi connectivity index (χ2v) is 5.23. The maximum Gasteiger partial charge on any atom is 0.0396 e. The Morgan fingerprint density at radius 3 is 2.88 bits per heavy atom. The van der Waals surface area contributed by atoms with Crippen molar-refractivity contribution >= 4 is 11.3 Å². The third-order valence-corrected chi connectivity index (χ3v) is 3.96. The molecule has 1 nitrogen and oxygen atoms in total. The third kappa shape index (κ3) is 1.06. The van der Waals surface area contributed by atoms with Gasteiger partial charge in [0.15, 0.2) is 0 Å². The first-order valence-corrected chi connectivity index (χ1v) is 5.92. The molecule has 0 saturated heterocycles. The summed E-state index contributed by atoms with van der Waals surface area (Å²) in [4.78, 5) is 0. The van der Waals surface area contributed by atoms with Crippen molar-refractivity contribution < 1.29 is 0 Å². The van der Waals surface area contributed by atoms with Crippen LogP contribution in [0.2, 0.25) is 0 Å². The normalized spacial score (nSPS) is 20.9. The van der Waals surface area contributed by atoms with Crippen LogP contribution in [0.1, 0.15) is 37.8 Å². The van der Waals surface area contributed by atoms with Crippen molar-refractivity contribution in [2.75, 3.05) is 5.73 Å². The highest BCUT2D eigenvalue weighted by atomic mass is 14.6. The van der Waals surface area contributed by atoms with Crippen LogP contribution in [0.25, 0.3) is 5.57 Å². The zero-order valence-electron chi connectivity index (χ0n) is 9.88. The lowest BCUT2D eigenvalue weighted by Crippen LogP contribution is -2.17. The predicted molar refractivity (Wildman–Crippen MR) is 69.2 cm³/mol. The average molecular weight is 211 g/mol. The molecule has 0 atom stereocenters. The van der Waals surface area contributed by atoms with Gasteiger partial charge in [0.05, 0.1) is 0 Å². The minimum atomic E-state index is 0.158. The minimum absolute atomic E-state index is 0.158. The van der Waals surface area contributed by atoms with Crippen LogP contribution >= 0.6 is 0 Å². The number of anilines is 1.